The average molecular weight is 303 g/mol. The maximum absolute atomic E-state index is 11.7. The topological polar surface area (TPSA) is 62.3 Å². The highest BCUT2D eigenvalue weighted by molar-refractivity contribution is 7.90. The molecule has 1 aliphatic rings. The van der Waals surface area contributed by atoms with Gasteiger partial charge in [-0.1, -0.05) is 0 Å². The number of rotatable bonds is 5. The van der Waals surface area contributed by atoms with Gasteiger partial charge in [0.1, 0.15) is 0 Å². The standard InChI is InChI=1S/C12H21N3O2S2/c1-10(2)19(16,17)14-8-11-4-3-6-15(9-11)12-13-5-7-18-12/h5,7,10-11,14H,3-4,6,8-9H2,1-2H3. The van der Waals surface area contributed by atoms with Gasteiger partial charge in [0.25, 0.3) is 0 Å². The zero-order chi connectivity index (χ0) is 13.9. The van der Waals surface area contributed by atoms with Crippen LogP contribution in [0.1, 0.15) is 26.7 Å². The normalized spacial score (nSPS) is 21.0. The van der Waals surface area contributed by atoms with Gasteiger partial charge >= 0.3 is 0 Å². The summed E-state index contributed by atoms with van der Waals surface area (Å²) in [7, 11) is -3.15. The maximum atomic E-state index is 11.7. The van der Waals surface area contributed by atoms with Crippen molar-refractivity contribution in [2.45, 2.75) is 31.9 Å². The molecule has 2 rings (SSSR count). The van der Waals surface area contributed by atoms with E-state index < -0.39 is 10.0 Å². The quantitative estimate of drug-likeness (QED) is 0.899. The molecule has 19 heavy (non-hydrogen) atoms. The number of anilines is 1. The first-order chi connectivity index (χ1) is 8.99. The first-order valence-electron chi connectivity index (χ1n) is 6.62. The summed E-state index contributed by atoms with van der Waals surface area (Å²) in [6.07, 6.45) is 3.97. The zero-order valence-corrected chi connectivity index (χ0v) is 13.0. The van der Waals surface area contributed by atoms with Crippen LogP contribution in [0.5, 0.6) is 0 Å². The fourth-order valence-electron chi connectivity index (χ4n) is 2.18. The Kier molecular flexibility index (Phi) is 4.81. The molecule has 0 spiro atoms. The third-order valence-electron chi connectivity index (χ3n) is 3.40. The van der Waals surface area contributed by atoms with Gasteiger partial charge in [0.05, 0.1) is 5.25 Å². The predicted octanol–water partition coefficient (Wildman–Crippen LogP) is 1.69. The Hall–Kier alpha value is -0.660. The summed E-state index contributed by atoms with van der Waals surface area (Å²) in [6, 6.07) is 0. The molecule has 0 aromatic carbocycles. The molecule has 1 unspecified atom stereocenters. The highest BCUT2D eigenvalue weighted by Gasteiger charge is 2.24. The van der Waals surface area contributed by atoms with E-state index in [2.05, 4.69) is 14.6 Å². The molecule has 108 valence electrons. The van der Waals surface area contributed by atoms with Crippen LogP contribution in [0, 0.1) is 5.92 Å². The molecule has 1 aromatic heterocycles. The van der Waals surface area contributed by atoms with Gasteiger partial charge in [-0.05, 0) is 32.6 Å². The van der Waals surface area contributed by atoms with Crippen LogP contribution < -0.4 is 9.62 Å². The largest absolute Gasteiger partial charge is 0.348 e. The lowest BCUT2D eigenvalue weighted by Gasteiger charge is -2.32. The average Bonchev–Trinajstić information content (AvgIpc) is 2.90. The van der Waals surface area contributed by atoms with Crippen LogP contribution >= 0.6 is 11.3 Å². The molecule has 1 fully saturated rings. The lowest BCUT2D eigenvalue weighted by Crippen LogP contribution is -2.42. The van der Waals surface area contributed by atoms with Crippen LogP contribution in [0.4, 0.5) is 5.13 Å². The summed E-state index contributed by atoms with van der Waals surface area (Å²) >= 11 is 1.64. The maximum Gasteiger partial charge on any atom is 0.213 e. The Bertz CT molecular complexity index is 485. The minimum absolute atomic E-state index is 0.367. The van der Waals surface area contributed by atoms with E-state index in [0.717, 1.165) is 31.1 Å². The minimum atomic E-state index is -3.15. The molecule has 0 saturated carbocycles. The molecule has 1 aromatic rings. The number of piperidine rings is 1. The van der Waals surface area contributed by atoms with Crippen LogP contribution in [-0.4, -0.2) is 38.3 Å². The van der Waals surface area contributed by atoms with Crippen molar-refractivity contribution in [3.63, 3.8) is 0 Å². The summed E-state index contributed by atoms with van der Waals surface area (Å²) in [5, 5.41) is 2.64. The van der Waals surface area contributed by atoms with Crippen molar-refractivity contribution < 1.29 is 8.42 Å². The molecule has 1 aliphatic heterocycles. The highest BCUT2D eigenvalue weighted by atomic mass is 32.2. The fraction of sp³-hybridized carbons (Fsp3) is 0.750. The first-order valence-corrected chi connectivity index (χ1v) is 9.04. The molecule has 0 amide bonds. The molecule has 2 heterocycles. The Morgan fingerprint density at radius 3 is 3.00 bits per heavy atom. The lowest BCUT2D eigenvalue weighted by atomic mass is 9.99. The van der Waals surface area contributed by atoms with Gasteiger partial charge in [-0.2, -0.15) is 0 Å². The molecular weight excluding hydrogens is 282 g/mol. The first kappa shape index (κ1) is 14.7. The molecule has 0 aliphatic carbocycles. The molecule has 0 bridgehead atoms. The van der Waals surface area contributed by atoms with E-state index in [0.29, 0.717) is 12.5 Å². The SMILES string of the molecule is CC(C)S(=O)(=O)NCC1CCCN(c2nccs2)C1. The van der Waals surface area contributed by atoms with Crippen molar-refractivity contribution in [3.05, 3.63) is 11.6 Å². The molecule has 5 nitrogen and oxygen atoms in total. The molecule has 1 atom stereocenters. The lowest BCUT2D eigenvalue weighted by molar-refractivity contribution is 0.410. The highest BCUT2D eigenvalue weighted by Crippen LogP contribution is 2.24. The number of thiazole rings is 1. The number of nitrogens with zero attached hydrogens (tertiary/aromatic N) is 2. The van der Waals surface area contributed by atoms with Crippen molar-refractivity contribution in [2.24, 2.45) is 5.92 Å². The third-order valence-corrected chi connectivity index (χ3v) is 6.05. The van der Waals surface area contributed by atoms with Gasteiger partial charge in [0.15, 0.2) is 5.13 Å². The van der Waals surface area contributed by atoms with E-state index >= 15 is 0 Å². The van der Waals surface area contributed by atoms with Crippen molar-refractivity contribution >= 4 is 26.5 Å². The van der Waals surface area contributed by atoms with Crippen molar-refractivity contribution in [1.29, 1.82) is 0 Å². The van der Waals surface area contributed by atoms with Crippen LogP contribution in [-0.2, 0) is 10.0 Å². The van der Waals surface area contributed by atoms with Crippen molar-refractivity contribution in [2.75, 3.05) is 24.5 Å². The summed E-state index contributed by atoms with van der Waals surface area (Å²) in [4.78, 5) is 6.57. The Morgan fingerprint density at radius 2 is 2.37 bits per heavy atom. The van der Waals surface area contributed by atoms with E-state index in [1.54, 1.807) is 25.2 Å². The molecular formula is C12H21N3O2S2. The second kappa shape index (κ2) is 6.19. The Labute approximate surface area is 119 Å². The number of hydrogen-bond donors (Lipinski definition) is 1. The number of aromatic nitrogens is 1. The summed E-state index contributed by atoms with van der Waals surface area (Å²) in [6.45, 7) is 5.83. The van der Waals surface area contributed by atoms with Crippen molar-refractivity contribution in [3.8, 4) is 0 Å². The van der Waals surface area contributed by atoms with Crippen molar-refractivity contribution in [1.82, 2.24) is 9.71 Å². The summed E-state index contributed by atoms with van der Waals surface area (Å²) in [5.74, 6) is 0.367. The van der Waals surface area contributed by atoms with Gasteiger partial charge in [0.2, 0.25) is 10.0 Å². The van der Waals surface area contributed by atoms with Gasteiger partial charge in [0, 0.05) is 31.2 Å². The molecule has 7 heteroatoms. The van der Waals surface area contributed by atoms with Crippen LogP contribution in [0.2, 0.25) is 0 Å². The van der Waals surface area contributed by atoms with Gasteiger partial charge in [-0.15, -0.1) is 11.3 Å². The predicted molar refractivity (Wildman–Crippen MR) is 79.1 cm³/mol. The van der Waals surface area contributed by atoms with E-state index in [4.69, 9.17) is 0 Å². The fourth-order valence-corrected chi connectivity index (χ4v) is 3.66. The second-order valence-electron chi connectivity index (χ2n) is 5.21. The van der Waals surface area contributed by atoms with Crippen LogP contribution in [0.3, 0.4) is 0 Å². The molecule has 0 radical (unpaired) electrons. The number of nitrogens with one attached hydrogen (secondary N) is 1. The number of sulfonamides is 1. The van der Waals surface area contributed by atoms with Gasteiger partial charge < -0.3 is 4.90 Å². The van der Waals surface area contributed by atoms with E-state index in [-0.39, 0.29) is 5.25 Å². The smallest absolute Gasteiger partial charge is 0.213 e. The van der Waals surface area contributed by atoms with Crippen LogP contribution in [0.25, 0.3) is 0 Å². The van der Waals surface area contributed by atoms with Crippen LogP contribution in [0.15, 0.2) is 11.6 Å². The zero-order valence-electron chi connectivity index (χ0n) is 11.4. The molecule has 1 saturated heterocycles. The summed E-state index contributed by atoms with van der Waals surface area (Å²) < 4.78 is 26.2. The summed E-state index contributed by atoms with van der Waals surface area (Å²) in [5.41, 5.74) is 0. The monoisotopic (exact) mass is 303 g/mol. The Morgan fingerprint density at radius 1 is 1.58 bits per heavy atom. The second-order valence-corrected chi connectivity index (χ2v) is 8.41. The van der Waals surface area contributed by atoms with E-state index in [1.165, 1.54) is 0 Å². The van der Waals surface area contributed by atoms with Gasteiger partial charge in [-0.3, -0.25) is 0 Å². The Balaban J connectivity index is 1.88. The third kappa shape index (κ3) is 3.90. The van der Waals surface area contributed by atoms with Gasteiger partial charge in [-0.25, -0.2) is 18.1 Å². The minimum Gasteiger partial charge on any atom is -0.348 e. The molecule has 1 N–H and O–H groups in total. The van der Waals surface area contributed by atoms with E-state index in [9.17, 15) is 8.42 Å². The number of hydrogen-bond acceptors (Lipinski definition) is 5. The van der Waals surface area contributed by atoms with E-state index in [1.807, 2.05) is 11.6 Å².